The van der Waals surface area contributed by atoms with Crippen molar-refractivity contribution in [2.45, 2.75) is 55.3 Å². The zero-order chi connectivity index (χ0) is 33.3. The monoisotopic (exact) mass is 673 g/mol. The summed E-state index contributed by atoms with van der Waals surface area (Å²) < 4.78 is 15.8. The van der Waals surface area contributed by atoms with Gasteiger partial charge in [0.1, 0.15) is 16.8 Å². The number of imidazole rings is 1. The third-order valence-corrected chi connectivity index (χ3v) is 9.67. The standard InChI is InChI=1S/C33H26Cl2FN7O4/c1-31(14-18-5-7-19(16-37)8-6-18)29(47)42(20-12-21(34)26(36)22(35)13-20)30-39-17-23(43(30)31)27(45)40-33(15-25(33)44)28(46)41-32(9-10-32)24-4-2-3-11-38-24/h2-8,11-13,17,25,44H,9-10,14-15H2,1H3,(H,40,45)(H,41,46)/t25?,31-,33?/m1/s1. The van der Waals surface area contributed by atoms with Gasteiger partial charge in [0, 0.05) is 19.0 Å². The normalized spacial score (nSPS) is 23.5. The van der Waals surface area contributed by atoms with Crippen LogP contribution in [0.2, 0.25) is 10.0 Å². The molecule has 1 aliphatic heterocycles. The van der Waals surface area contributed by atoms with Gasteiger partial charge in [-0.3, -0.25) is 23.9 Å². The van der Waals surface area contributed by atoms with E-state index in [1.54, 1.807) is 43.5 Å². The van der Waals surface area contributed by atoms with Gasteiger partial charge < -0.3 is 15.7 Å². The number of fused-ring (bicyclic) bond motifs is 1. The Morgan fingerprint density at radius 3 is 2.36 bits per heavy atom. The van der Waals surface area contributed by atoms with E-state index in [-0.39, 0.29) is 40.2 Å². The molecule has 2 unspecified atom stereocenters. The SMILES string of the molecule is C[C@@]1(Cc2ccc(C#N)cc2)C(=O)N(c2cc(Cl)c(F)c(Cl)c2)c2ncc(C(=O)NC3(C(=O)NC4(c5ccccn5)CC4)CC3O)n21. The molecule has 3 N–H and O–H groups in total. The number of pyridine rings is 1. The lowest BCUT2D eigenvalue weighted by Crippen LogP contribution is -2.54. The Hall–Kier alpha value is -4.83. The molecular weight excluding hydrogens is 648 g/mol. The van der Waals surface area contributed by atoms with E-state index in [0.717, 1.165) is 0 Å². The Bertz CT molecular complexity index is 1990. The average Bonchev–Trinajstić information content (AvgIpc) is 3.91. The van der Waals surface area contributed by atoms with Crippen LogP contribution in [0.1, 0.15) is 53.5 Å². The van der Waals surface area contributed by atoms with Crippen LogP contribution < -0.4 is 15.5 Å². The summed E-state index contributed by atoms with van der Waals surface area (Å²) in [6.45, 7) is 1.63. The lowest BCUT2D eigenvalue weighted by atomic mass is 9.91. The van der Waals surface area contributed by atoms with E-state index in [9.17, 15) is 29.1 Å². The van der Waals surface area contributed by atoms with Gasteiger partial charge in [-0.25, -0.2) is 14.3 Å². The highest BCUT2D eigenvalue weighted by molar-refractivity contribution is 6.35. The van der Waals surface area contributed by atoms with Crippen molar-refractivity contribution in [3.63, 3.8) is 0 Å². The molecular formula is C33H26Cl2FN7O4. The molecule has 2 aromatic carbocycles. The van der Waals surface area contributed by atoms with Crippen LogP contribution in [0, 0.1) is 17.1 Å². The summed E-state index contributed by atoms with van der Waals surface area (Å²) in [5.41, 5.74) is -1.86. The van der Waals surface area contributed by atoms with Crippen LogP contribution in [-0.2, 0) is 27.1 Å². The van der Waals surface area contributed by atoms with Crippen molar-refractivity contribution in [1.29, 1.82) is 5.26 Å². The third-order valence-electron chi connectivity index (χ3n) is 9.12. The number of nitrogens with one attached hydrogen (secondary N) is 2. The fraction of sp³-hybridized carbons (Fsp3) is 0.273. The van der Waals surface area contributed by atoms with E-state index >= 15 is 0 Å². The number of hydrogen-bond donors (Lipinski definition) is 3. The zero-order valence-electron chi connectivity index (χ0n) is 24.8. The summed E-state index contributed by atoms with van der Waals surface area (Å²) in [4.78, 5) is 51.9. The van der Waals surface area contributed by atoms with Crippen molar-refractivity contribution in [2.24, 2.45) is 0 Å². The smallest absolute Gasteiger partial charge is 0.270 e. The van der Waals surface area contributed by atoms with Crippen molar-refractivity contribution >= 4 is 52.6 Å². The molecule has 238 valence electrons. The summed E-state index contributed by atoms with van der Waals surface area (Å²) in [7, 11) is 0. The van der Waals surface area contributed by atoms with E-state index in [1.807, 2.05) is 12.1 Å². The number of aromatic nitrogens is 3. The minimum Gasteiger partial charge on any atom is -0.390 e. The van der Waals surface area contributed by atoms with Crippen LogP contribution in [0.3, 0.4) is 0 Å². The minimum atomic E-state index is -1.60. The predicted octanol–water partition coefficient (Wildman–Crippen LogP) is 4.27. The maximum atomic E-state index is 14.3. The van der Waals surface area contributed by atoms with Gasteiger partial charge in [0.25, 0.3) is 11.8 Å². The van der Waals surface area contributed by atoms with Crippen molar-refractivity contribution in [3.05, 3.63) is 105 Å². The largest absolute Gasteiger partial charge is 0.390 e. The maximum absolute atomic E-state index is 14.3. The average molecular weight is 675 g/mol. The molecule has 0 radical (unpaired) electrons. The highest BCUT2D eigenvalue weighted by Crippen LogP contribution is 2.47. The maximum Gasteiger partial charge on any atom is 0.270 e. The lowest BCUT2D eigenvalue weighted by Gasteiger charge is -2.27. The predicted molar refractivity (Wildman–Crippen MR) is 168 cm³/mol. The number of anilines is 2. The van der Waals surface area contributed by atoms with Crippen molar-refractivity contribution < 1.29 is 23.9 Å². The molecule has 2 saturated carbocycles. The summed E-state index contributed by atoms with van der Waals surface area (Å²) >= 11 is 12.2. The molecule has 3 heterocycles. The van der Waals surface area contributed by atoms with E-state index in [4.69, 9.17) is 23.2 Å². The number of aliphatic hydroxyl groups excluding tert-OH is 1. The van der Waals surface area contributed by atoms with E-state index in [2.05, 4.69) is 26.7 Å². The lowest BCUT2D eigenvalue weighted by molar-refractivity contribution is -0.126. The summed E-state index contributed by atoms with van der Waals surface area (Å²) in [6, 6.07) is 16.6. The first kappa shape index (κ1) is 30.8. The molecule has 0 saturated heterocycles. The third kappa shape index (κ3) is 4.93. The fourth-order valence-corrected chi connectivity index (χ4v) is 6.70. The number of nitrogens with zero attached hydrogens (tertiary/aromatic N) is 5. The Morgan fingerprint density at radius 1 is 1.11 bits per heavy atom. The molecule has 2 aromatic heterocycles. The number of rotatable bonds is 8. The Labute approximate surface area is 277 Å². The Morgan fingerprint density at radius 2 is 1.79 bits per heavy atom. The summed E-state index contributed by atoms with van der Waals surface area (Å²) in [5, 5.41) is 25.0. The highest BCUT2D eigenvalue weighted by atomic mass is 35.5. The second-order valence-corrected chi connectivity index (χ2v) is 13.1. The van der Waals surface area contributed by atoms with Gasteiger partial charge in [-0.05, 0) is 61.7 Å². The van der Waals surface area contributed by atoms with Gasteiger partial charge in [-0.15, -0.1) is 0 Å². The fourth-order valence-electron chi connectivity index (χ4n) is 6.22. The van der Waals surface area contributed by atoms with Crippen molar-refractivity contribution in [1.82, 2.24) is 25.2 Å². The van der Waals surface area contributed by atoms with Crippen LogP contribution >= 0.6 is 23.2 Å². The first-order valence-electron chi connectivity index (χ1n) is 14.7. The van der Waals surface area contributed by atoms with Gasteiger partial charge in [-0.2, -0.15) is 5.26 Å². The minimum absolute atomic E-state index is 0.00991. The molecule has 11 nitrogen and oxygen atoms in total. The van der Waals surface area contributed by atoms with E-state index < -0.39 is 46.3 Å². The number of amides is 3. The number of carbonyl (C=O) groups excluding carboxylic acids is 3. The molecule has 3 atom stereocenters. The molecule has 14 heteroatoms. The van der Waals surface area contributed by atoms with Gasteiger partial charge in [0.05, 0.1) is 50.9 Å². The quantitative estimate of drug-likeness (QED) is 0.236. The Kier molecular flexibility index (Phi) is 7.13. The number of halogens is 3. The van der Waals surface area contributed by atoms with Gasteiger partial charge in [0.15, 0.2) is 5.82 Å². The Balaban J connectivity index is 1.24. The van der Waals surface area contributed by atoms with Gasteiger partial charge >= 0.3 is 0 Å². The van der Waals surface area contributed by atoms with Crippen LogP contribution in [0.25, 0.3) is 0 Å². The van der Waals surface area contributed by atoms with Crippen LogP contribution in [-0.4, -0.2) is 49.0 Å². The molecule has 0 spiro atoms. The molecule has 3 aliphatic rings. The van der Waals surface area contributed by atoms with Crippen LogP contribution in [0.5, 0.6) is 0 Å². The summed E-state index contributed by atoms with van der Waals surface area (Å²) in [6.07, 6.45) is 3.15. The number of hydrogen-bond acceptors (Lipinski definition) is 7. The molecule has 3 amide bonds. The van der Waals surface area contributed by atoms with E-state index in [1.165, 1.54) is 27.8 Å². The molecule has 2 fully saturated rings. The van der Waals surface area contributed by atoms with Crippen LogP contribution in [0.15, 0.2) is 67.0 Å². The summed E-state index contributed by atoms with van der Waals surface area (Å²) in [5.74, 6) is -2.61. The number of benzene rings is 2. The van der Waals surface area contributed by atoms with Crippen LogP contribution in [0.4, 0.5) is 16.0 Å². The first-order chi connectivity index (χ1) is 22.4. The topological polar surface area (TPSA) is 153 Å². The first-order valence-corrected chi connectivity index (χ1v) is 15.5. The number of aliphatic hydroxyl groups is 1. The van der Waals surface area contributed by atoms with Crippen molar-refractivity contribution in [2.75, 3.05) is 4.90 Å². The number of carbonyl (C=O) groups is 3. The second kappa shape index (κ2) is 10.9. The highest BCUT2D eigenvalue weighted by Gasteiger charge is 2.64. The molecule has 0 bridgehead atoms. The second-order valence-electron chi connectivity index (χ2n) is 12.3. The van der Waals surface area contributed by atoms with Gasteiger partial charge in [-0.1, -0.05) is 41.4 Å². The van der Waals surface area contributed by atoms with Gasteiger partial charge in [0.2, 0.25) is 11.9 Å². The van der Waals surface area contributed by atoms with E-state index in [0.29, 0.717) is 29.7 Å². The molecule has 2 aliphatic carbocycles. The number of nitriles is 1. The zero-order valence-corrected chi connectivity index (χ0v) is 26.3. The molecule has 7 rings (SSSR count). The van der Waals surface area contributed by atoms with Crippen molar-refractivity contribution in [3.8, 4) is 6.07 Å². The molecule has 47 heavy (non-hydrogen) atoms. The molecule has 4 aromatic rings.